The van der Waals surface area contributed by atoms with E-state index in [0.29, 0.717) is 0 Å². The maximum atomic E-state index is 5.12. The van der Waals surface area contributed by atoms with Gasteiger partial charge in [-0.15, -0.1) is 6.22 Å². The van der Waals surface area contributed by atoms with E-state index in [9.17, 15) is 0 Å². The van der Waals surface area contributed by atoms with Gasteiger partial charge in [-0.25, -0.2) is 0 Å². The van der Waals surface area contributed by atoms with Crippen molar-refractivity contribution in [3.63, 3.8) is 0 Å². The Morgan fingerprint density at radius 3 is 2.60 bits per heavy atom. The minimum absolute atomic E-state index is 1.05. The monoisotopic (exact) mass is 120 g/mol. The first-order valence-corrected chi connectivity index (χ1v) is 3.60. The maximum Gasteiger partial charge on any atom is 0.0993 e. The van der Waals surface area contributed by atoms with Crippen molar-refractivity contribution in [1.82, 2.24) is 0 Å². The summed E-state index contributed by atoms with van der Waals surface area (Å²) in [4.78, 5) is 0. The van der Waals surface area contributed by atoms with Crippen molar-refractivity contribution in [2.45, 2.75) is 19.5 Å². The van der Waals surface area contributed by atoms with E-state index in [4.69, 9.17) is 7.74 Å². The third kappa shape index (κ3) is 8.45. The van der Waals surface area contributed by atoms with Crippen molar-refractivity contribution < 1.29 is 0 Å². The van der Waals surface area contributed by atoms with E-state index >= 15 is 0 Å². The van der Waals surface area contributed by atoms with Crippen LogP contribution in [0.15, 0.2) is 0 Å². The number of rotatable bonds is 7. The van der Waals surface area contributed by atoms with Gasteiger partial charge in [0.1, 0.15) is 0 Å². The third-order valence-corrected chi connectivity index (χ3v) is 1.06. The van der Waals surface area contributed by atoms with Gasteiger partial charge in [-0.05, 0) is 0 Å². The highest BCUT2D eigenvalue weighted by molar-refractivity contribution is 7.57. The molecule has 10 heavy (non-hydrogen) atoms. The molecule has 0 nitrogen and oxygen atoms in total. The van der Waals surface area contributed by atoms with Crippen LogP contribution in [0.4, 0.5) is 0 Å². The van der Waals surface area contributed by atoms with Gasteiger partial charge in [-0.3, -0.25) is 0 Å². The molecule has 40 valence electrons. The molecule has 0 amide bonds. The normalized spacial score (nSPS) is 7.70. The van der Waals surface area contributed by atoms with Gasteiger partial charge in [0, 0.05) is 43.2 Å². The van der Waals surface area contributed by atoms with Crippen molar-refractivity contribution in [1.29, 1.82) is 0 Å². The molecule has 0 rings (SSSR count). The van der Waals surface area contributed by atoms with E-state index in [1.807, 2.05) is 21.2 Å². The smallest absolute Gasteiger partial charge is 0.0993 e. The Morgan fingerprint density at radius 2 is 2.00 bits per heavy atom. The van der Waals surface area contributed by atoms with E-state index in [1.54, 1.807) is 0 Å². The molecule has 0 atom stereocenters. The molecule has 0 bridgehead atoms. The fourth-order valence-electron chi connectivity index (χ4n) is 0.548. The first kappa shape index (κ1) is 10.5. The Morgan fingerprint density at radius 1 is 1.20 bits per heavy atom. The third-order valence-electron chi connectivity index (χ3n) is 1.06. The fraction of sp³-hybridized carbons (Fsp3) is 1.00. The van der Waals surface area contributed by atoms with Crippen molar-refractivity contribution >= 4 is 50.4 Å². The molecular formula is C3H7B7. The minimum Gasteiger partial charge on any atom is -0.115 e. The Balaban J connectivity index is 2.65. The van der Waals surface area contributed by atoms with Crippen LogP contribution < -0.4 is 0 Å². The molecule has 0 saturated heterocycles. The molecule has 0 saturated carbocycles. The second-order valence-corrected chi connectivity index (χ2v) is 1.94. The summed E-state index contributed by atoms with van der Waals surface area (Å²) in [5.74, 6) is 0. The van der Waals surface area contributed by atoms with Gasteiger partial charge in [0.2, 0.25) is 0 Å². The van der Waals surface area contributed by atoms with Crippen LogP contribution in [0.3, 0.4) is 0 Å². The molecule has 0 aliphatic rings. The minimum atomic E-state index is 1.05. The second kappa shape index (κ2) is 9.45. The van der Waals surface area contributed by atoms with Crippen LogP contribution in [0, 0.1) is 0 Å². The lowest BCUT2D eigenvalue weighted by Gasteiger charge is -1.92. The summed E-state index contributed by atoms with van der Waals surface area (Å²) in [6.07, 6.45) is 2.18. The lowest BCUT2D eigenvalue weighted by Crippen LogP contribution is -2.23. The molecule has 0 aromatic carbocycles. The average molecular weight is 119 g/mol. The summed E-state index contributed by atoms with van der Waals surface area (Å²) in [5, 5.41) is 0. The molecular weight excluding hydrogens is 112 g/mol. The van der Waals surface area contributed by atoms with E-state index in [0.717, 1.165) is 12.5 Å². The summed E-state index contributed by atoms with van der Waals surface area (Å²) in [6.45, 7) is 2.14. The molecule has 0 aromatic rings. The molecule has 0 aliphatic heterocycles. The van der Waals surface area contributed by atoms with Gasteiger partial charge >= 0.3 is 0 Å². The maximum absolute atomic E-state index is 5.12. The van der Waals surface area contributed by atoms with Crippen molar-refractivity contribution in [3.8, 4) is 0 Å². The van der Waals surface area contributed by atoms with Crippen LogP contribution >= 0.6 is 0 Å². The zero-order valence-electron chi connectivity index (χ0n) is 6.46. The highest BCUT2D eigenvalue weighted by Crippen LogP contribution is 1.78. The van der Waals surface area contributed by atoms with Crippen LogP contribution in [-0.2, 0) is 0 Å². The van der Waals surface area contributed by atoms with Gasteiger partial charge < -0.3 is 0 Å². The highest BCUT2D eigenvalue weighted by atomic mass is 13.4. The molecule has 0 fully saturated rings. The second-order valence-electron chi connectivity index (χ2n) is 1.94. The van der Waals surface area contributed by atoms with Crippen LogP contribution in [-0.4, -0.2) is 50.4 Å². The van der Waals surface area contributed by atoms with Crippen molar-refractivity contribution in [2.24, 2.45) is 0 Å². The van der Waals surface area contributed by atoms with Crippen molar-refractivity contribution in [2.75, 3.05) is 0 Å². The summed E-state index contributed by atoms with van der Waals surface area (Å²) >= 11 is 0. The highest BCUT2D eigenvalue weighted by Gasteiger charge is 1.92. The molecule has 0 unspecified atom stereocenters. The zero-order chi connectivity index (χ0) is 7.66. The molecule has 0 spiro atoms. The van der Waals surface area contributed by atoms with Gasteiger partial charge in [0.05, 0.1) is 7.28 Å². The van der Waals surface area contributed by atoms with Crippen molar-refractivity contribution in [3.05, 3.63) is 0 Å². The van der Waals surface area contributed by atoms with Crippen LogP contribution in [0.5, 0.6) is 0 Å². The van der Waals surface area contributed by atoms with E-state index in [2.05, 4.69) is 21.4 Å². The van der Waals surface area contributed by atoms with E-state index < -0.39 is 0 Å². The van der Waals surface area contributed by atoms with Gasteiger partial charge in [-0.1, -0.05) is 13.2 Å². The summed E-state index contributed by atoms with van der Waals surface area (Å²) < 4.78 is 0. The van der Waals surface area contributed by atoms with E-state index in [1.165, 1.54) is 7.06 Å². The first-order chi connectivity index (χ1) is 4.91. The van der Waals surface area contributed by atoms with Gasteiger partial charge in [-0.2, -0.15) is 0 Å². The largest absolute Gasteiger partial charge is 0.115 e. The van der Waals surface area contributed by atoms with Crippen LogP contribution in [0.2, 0.25) is 12.5 Å². The molecule has 0 heterocycles. The van der Waals surface area contributed by atoms with Gasteiger partial charge in [0.25, 0.3) is 0 Å². The fourth-order valence-corrected chi connectivity index (χ4v) is 0.548. The Labute approximate surface area is 70.5 Å². The Hall–Kier alpha value is 0.455. The van der Waals surface area contributed by atoms with Gasteiger partial charge in [0.15, 0.2) is 0 Å². The molecule has 0 aliphatic carbocycles. The van der Waals surface area contributed by atoms with E-state index in [-0.39, 0.29) is 0 Å². The molecule has 0 aromatic heterocycles. The summed E-state index contributed by atoms with van der Waals surface area (Å²) in [5.41, 5.74) is 0. The summed E-state index contributed by atoms with van der Waals surface area (Å²) in [6, 6.07) is 0. The summed E-state index contributed by atoms with van der Waals surface area (Å²) in [7, 11) is 16.7. The predicted molar refractivity (Wildman–Crippen MR) is 55.6 cm³/mol. The Kier molecular flexibility index (Phi) is 9.88. The zero-order valence-corrected chi connectivity index (χ0v) is 6.46. The number of hydrogen-bond donors (Lipinski definition) is 0. The quantitative estimate of drug-likeness (QED) is 0.290. The van der Waals surface area contributed by atoms with Crippen LogP contribution in [0.25, 0.3) is 0 Å². The standard InChI is InChI=1S/C3H7B7/c1-2-5-3-6-8-10-9-7-4/h2-3H2,1H3. The van der Waals surface area contributed by atoms with Crippen LogP contribution in [0.1, 0.15) is 6.92 Å². The lowest BCUT2D eigenvalue weighted by atomic mass is 8.98. The SMILES string of the molecule is [B][B][B][B][B][B]C[B]CC. The molecule has 8 radical (unpaired) electrons. The average Bonchev–Trinajstić information content (AvgIpc) is 1.97. The Bertz CT molecular complexity index is 48.8. The molecule has 7 heteroatoms. The number of hydrogen-bond acceptors (Lipinski definition) is 0. The topological polar surface area (TPSA) is 0 Å². The molecule has 0 N–H and O–H groups in total. The predicted octanol–water partition coefficient (Wildman–Crippen LogP) is -1.23. The lowest BCUT2D eigenvalue weighted by molar-refractivity contribution is 1.45. The first-order valence-electron chi connectivity index (χ1n) is 3.60.